The Kier molecular flexibility index (Phi) is 4.38. The second kappa shape index (κ2) is 6.86. The van der Waals surface area contributed by atoms with E-state index < -0.39 is 23.1 Å². The molecule has 3 heterocycles. The molecule has 2 saturated heterocycles. The average molecular weight is 405 g/mol. The van der Waals surface area contributed by atoms with Gasteiger partial charge in [0.2, 0.25) is 0 Å². The van der Waals surface area contributed by atoms with Crippen LogP contribution in [0.4, 0.5) is 5.69 Å². The Morgan fingerprint density at radius 3 is 2.37 bits per heavy atom. The predicted molar refractivity (Wildman–Crippen MR) is 113 cm³/mol. The quantitative estimate of drug-likeness (QED) is 0.560. The number of esters is 2. The van der Waals surface area contributed by atoms with Gasteiger partial charge in [-0.1, -0.05) is 48.5 Å². The van der Waals surface area contributed by atoms with Crippen molar-refractivity contribution in [3.63, 3.8) is 0 Å². The van der Waals surface area contributed by atoms with E-state index in [1.165, 1.54) is 5.56 Å². The van der Waals surface area contributed by atoms with Crippen molar-refractivity contribution in [1.29, 1.82) is 0 Å². The fraction of sp³-hybridized carbons (Fsp3) is 0.440. The molecule has 156 valence electrons. The Morgan fingerprint density at radius 1 is 0.967 bits per heavy atom. The summed E-state index contributed by atoms with van der Waals surface area (Å²) in [7, 11) is 0. The van der Waals surface area contributed by atoms with Gasteiger partial charge in [-0.25, -0.2) is 0 Å². The van der Waals surface area contributed by atoms with E-state index >= 15 is 0 Å². The number of rotatable bonds is 2. The zero-order valence-corrected chi connectivity index (χ0v) is 17.5. The minimum atomic E-state index is -1.31. The van der Waals surface area contributed by atoms with E-state index in [9.17, 15) is 9.59 Å². The SMILES string of the molecule is CC1(C)OC(=O)C2(Cc3ccccc3N3CC[C@H](Cc4ccccc4)C[C@@H]32)C(=O)O1. The van der Waals surface area contributed by atoms with Gasteiger partial charge in [0.15, 0.2) is 5.41 Å². The summed E-state index contributed by atoms with van der Waals surface area (Å²) in [6, 6.07) is 18.2. The third-order valence-corrected chi connectivity index (χ3v) is 6.82. The standard InChI is InChI=1S/C25H27NO4/c1-24(2)29-22(27)25(23(28)30-24)16-19-10-6-7-11-20(19)26-13-12-18(15-21(25)26)14-17-8-4-3-5-9-17/h3-11,18,21H,12-16H2,1-2H3/t18-,21-/m1/s1. The molecule has 3 aliphatic rings. The normalized spacial score (nSPS) is 26.4. The molecule has 0 radical (unpaired) electrons. The van der Waals surface area contributed by atoms with Crippen LogP contribution in [0.15, 0.2) is 54.6 Å². The summed E-state index contributed by atoms with van der Waals surface area (Å²) in [5, 5.41) is 0. The second-order valence-electron chi connectivity index (χ2n) is 9.25. The smallest absolute Gasteiger partial charge is 0.329 e. The molecule has 2 fully saturated rings. The van der Waals surface area contributed by atoms with Crippen molar-refractivity contribution in [2.24, 2.45) is 11.3 Å². The molecule has 1 spiro atoms. The molecular formula is C25H27NO4. The van der Waals surface area contributed by atoms with Crippen molar-refractivity contribution < 1.29 is 19.1 Å². The lowest BCUT2D eigenvalue weighted by Crippen LogP contribution is -2.67. The fourth-order valence-corrected chi connectivity index (χ4v) is 5.43. The summed E-state index contributed by atoms with van der Waals surface area (Å²) in [6.07, 6.45) is 3.05. The molecule has 0 N–H and O–H groups in total. The molecule has 5 heteroatoms. The topological polar surface area (TPSA) is 55.8 Å². The second-order valence-corrected chi connectivity index (χ2v) is 9.25. The predicted octanol–water partition coefficient (Wildman–Crippen LogP) is 3.89. The van der Waals surface area contributed by atoms with Crippen molar-refractivity contribution >= 4 is 17.6 Å². The molecule has 2 aromatic rings. The van der Waals surface area contributed by atoms with Crippen LogP contribution < -0.4 is 4.90 Å². The lowest BCUT2D eigenvalue weighted by atomic mass is 9.65. The molecule has 3 aliphatic heterocycles. The van der Waals surface area contributed by atoms with Gasteiger partial charge in [0.25, 0.3) is 5.79 Å². The maximum Gasteiger partial charge on any atom is 0.329 e. The highest BCUT2D eigenvalue weighted by molar-refractivity contribution is 6.04. The van der Waals surface area contributed by atoms with Gasteiger partial charge in [-0.3, -0.25) is 9.59 Å². The van der Waals surface area contributed by atoms with Crippen molar-refractivity contribution in [2.75, 3.05) is 11.4 Å². The van der Waals surface area contributed by atoms with Gasteiger partial charge in [0, 0.05) is 32.5 Å². The number of piperidine rings is 1. The first-order valence-electron chi connectivity index (χ1n) is 10.7. The monoisotopic (exact) mass is 405 g/mol. The number of carbonyl (C=O) groups excluding carboxylic acids is 2. The van der Waals surface area contributed by atoms with Crippen molar-refractivity contribution in [1.82, 2.24) is 0 Å². The number of nitrogens with zero attached hydrogens (tertiary/aromatic N) is 1. The minimum Gasteiger partial charge on any atom is -0.422 e. The van der Waals surface area contributed by atoms with Gasteiger partial charge >= 0.3 is 11.9 Å². The van der Waals surface area contributed by atoms with Gasteiger partial charge in [0.1, 0.15) is 0 Å². The first kappa shape index (κ1) is 19.2. The minimum absolute atomic E-state index is 0.258. The Morgan fingerprint density at radius 2 is 1.63 bits per heavy atom. The number of carbonyl (C=O) groups is 2. The van der Waals surface area contributed by atoms with E-state index in [1.807, 2.05) is 24.3 Å². The number of ether oxygens (including phenoxy) is 2. The zero-order chi connectivity index (χ0) is 20.9. The van der Waals surface area contributed by atoms with Crippen LogP contribution in [0, 0.1) is 11.3 Å². The van der Waals surface area contributed by atoms with E-state index in [0.29, 0.717) is 12.3 Å². The first-order chi connectivity index (χ1) is 14.4. The average Bonchev–Trinajstić information content (AvgIpc) is 2.72. The lowest BCUT2D eigenvalue weighted by Gasteiger charge is -2.54. The maximum atomic E-state index is 13.4. The van der Waals surface area contributed by atoms with Crippen LogP contribution in [0.2, 0.25) is 0 Å². The fourth-order valence-electron chi connectivity index (χ4n) is 5.43. The highest BCUT2D eigenvalue weighted by Gasteiger charge is 2.64. The van der Waals surface area contributed by atoms with Crippen LogP contribution in [-0.4, -0.2) is 30.3 Å². The third-order valence-electron chi connectivity index (χ3n) is 6.82. The Labute approximate surface area is 177 Å². The van der Waals surface area contributed by atoms with Crippen molar-refractivity contribution in [3.05, 3.63) is 65.7 Å². The Hall–Kier alpha value is -2.82. The van der Waals surface area contributed by atoms with E-state index in [4.69, 9.17) is 9.47 Å². The number of hydrogen-bond donors (Lipinski definition) is 0. The van der Waals surface area contributed by atoms with Gasteiger partial charge in [-0.2, -0.15) is 0 Å². The summed E-state index contributed by atoms with van der Waals surface area (Å²) in [5.74, 6) is -1.73. The summed E-state index contributed by atoms with van der Waals surface area (Å²) in [6.45, 7) is 4.04. The van der Waals surface area contributed by atoms with Gasteiger partial charge in [0.05, 0.1) is 6.04 Å². The number of cyclic esters (lactones) is 2. The van der Waals surface area contributed by atoms with E-state index in [-0.39, 0.29) is 6.04 Å². The molecule has 0 aromatic heterocycles. The third kappa shape index (κ3) is 2.99. The van der Waals surface area contributed by atoms with Crippen LogP contribution in [0.5, 0.6) is 0 Å². The number of fused-ring (bicyclic) bond motifs is 4. The number of para-hydroxylation sites is 1. The van der Waals surface area contributed by atoms with Gasteiger partial charge in [-0.05, 0) is 42.4 Å². The van der Waals surface area contributed by atoms with Crippen LogP contribution in [0.25, 0.3) is 0 Å². The number of hydrogen-bond acceptors (Lipinski definition) is 5. The number of anilines is 1. The van der Waals surface area contributed by atoms with E-state index in [0.717, 1.165) is 37.1 Å². The molecule has 0 amide bonds. The molecule has 0 aliphatic carbocycles. The summed E-state index contributed by atoms with van der Waals surface area (Å²) in [5.41, 5.74) is 2.11. The molecule has 2 aromatic carbocycles. The van der Waals surface area contributed by atoms with Crippen LogP contribution >= 0.6 is 0 Å². The summed E-state index contributed by atoms with van der Waals surface area (Å²) >= 11 is 0. The molecule has 0 unspecified atom stereocenters. The summed E-state index contributed by atoms with van der Waals surface area (Å²) in [4.78, 5) is 29.0. The van der Waals surface area contributed by atoms with Crippen molar-refractivity contribution in [2.45, 2.75) is 51.4 Å². The lowest BCUT2D eigenvalue weighted by molar-refractivity contribution is -0.253. The van der Waals surface area contributed by atoms with Gasteiger partial charge < -0.3 is 14.4 Å². The zero-order valence-electron chi connectivity index (χ0n) is 17.5. The Balaban J connectivity index is 1.53. The molecule has 30 heavy (non-hydrogen) atoms. The number of benzene rings is 2. The van der Waals surface area contributed by atoms with Gasteiger partial charge in [-0.15, -0.1) is 0 Å². The van der Waals surface area contributed by atoms with Crippen LogP contribution in [0.3, 0.4) is 0 Å². The highest BCUT2D eigenvalue weighted by Crippen LogP contribution is 2.50. The summed E-state index contributed by atoms with van der Waals surface area (Å²) < 4.78 is 11.3. The largest absolute Gasteiger partial charge is 0.422 e. The maximum absolute atomic E-state index is 13.4. The Bertz CT molecular complexity index is 964. The highest BCUT2D eigenvalue weighted by atomic mass is 16.7. The molecule has 0 bridgehead atoms. The van der Waals surface area contributed by atoms with Crippen LogP contribution in [0.1, 0.15) is 37.8 Å². The van der Waals surface area contributed by atoms with E-state index in [2.05, 4.69) is 35.2 Å². The molecule has 5 rings (SSSR count). The molecule has 2 atom stereocenters. The van der Waals surface area contributed by atoms with Crippen LogP contribution in [-0.2, 0) is 31.9 Å². The van der Waals surface area contributed by atoms with Crippen molar-refractivity contribution in [3.8, 4) is 0 Å². The molecule has 5 nitrogen and oxygen atoms in total. The first-order valence-corrected chi connectivity index (χ1v) is 10.7. The molecular weight excluding hydrogens is 378 g/mol. The van der Waals surface area contributed by atoms with E-state index in [1.54, 1.807) is 13.8 Å². The molecule has 0 saturated carbocycles.